The van der Waals surface area contributed by atoms with Gasteiger partial charge >= 0.3 is 6.09 Å². The van der Waals surface area contributed by atoms with Gasteiger partial charge in [0.1, 0.15) is 23.7 Å². The molecule has 3 aliphatic heterocycles. The Kier molecular flexibility index (Phi) is 6.01. The number of carbonyl (C=O) groups is 1. The molecule has 3 heterocycles. The molecule has 0 aliphatic carbocycles. The highest BCUT2D eigenvalue weighted by atomic mass is 32.2. The normalized spacial score (nSPS) is 30.4. The van der Waals surface area contributed by atoms with Crippen LogP contribution in [0.5, 0.6) is 0 Å². The van der Waals surface area contributed by atoms with Crippen LogP contribution in [0.4, 0.5) is 4.79 Å². The van der Waals surface area contributed by atoms with E-state index in [0.29, 0.717) is 13.2 Å². The largest absolute Gasteiger partial charge is 0.441 e. The molecule has 174 valence electrons. The number of hydrogen-bond acceptors (Lipinski definition) is 6. The topological polar surface area (TPSA) is 57.2 Å². The highest BCUT2D eigenvalue weighted by Gasteiger charge is 2.58. The van der Waals surface area contributed by atoms with Gasteiger partial charge in [-0.2, -0.15) is 0 Å². The number of benzene rings is 3. The van der Waals surface area contributed by atoms with Crippen molar-refractivity contribution < 1.29 is 23.7 Å². The molecule has 0 N–H and O–H groups in total. The molecular formula is C27H25NO5S. The van der Waals surface area contributed by atoms with E-state index in [2.05, 4.69) is 0 Å². The lowest BCUT2D eigenvalue weighted by atomic mass is 9.96. The van der Waals surface area contributed by atoms with Gasteiger partial charge in [-0.05, 0) is 17.7 Å². The number of ether oxygens (including phenoxy) is 4. The Hall–Kier alpha value is -2.84. The standard InChI is InChI=1S/C27H25NO5S/c29-27-28(16-18-10-4-1-5-11-18)22-24(33-27)23-21(31-26(22)34-20-14-8-3-9-15-20)17-30-25(32-23)19-12-6-2-7-13-19/h1-15,21-26H,16-17H2/t21-,22+,23-,24-,25+,26+/m1/s1. The summed E-state index contributed by atoms with van der Waals surface area (Å²) < 4.78 is 24.9. The predicted octanol–water partition coefficient (Wildman–Crippen LogP) is 5.01. The maximum absolute atomic E-state index is 13.1. The lowest BCUT2D eigenvalue weighted by Gasteiger charge is -2.47. The van der Waals surface area contributed by atoms with Crippen molar-refractivity contribution in [3.63, 3.8) is 0 Å². The van der Waals surface area contributed by atoms with Gasteiger partial charge in [0, 0.05) is 17.0 Å². The Morgan fingerprint density at radius 3 is 2.24 bits per heavy atom. The van der Waals surface area contributed by atoms with E-state index in [1.54, 1.807) is 16.7 Å². The minimum atomic E-state index is -0.521. The SMILES string of the molecule is O=C1O[C@H]2[C@@H]3O[C@@H](c4ccccc4)OC[C@H]3O[C@@H](Sc3ccccc3)[C@H]2N1Cc1ccccc1. The summed E-state index contributed by atoms with van der Waals surface area (Å²) in [4.78, 5) is 16.0. The lowest BCUT2D eigenvalue weighted by molar-refractivity contribution is -0.303. The minimum Gasteiger partial charge on any atom is -0.441 e. The fourth-order valence-corrected chi connectivity index (χ4v) is 6.01. The smallest absolute Gasteiger partial charge is 0.411 e. The summed E-state index contributed by atoms with van der Waals surface area (Å²) in [6.07, 6.45) is -2.06. The number of rotatable bonds is 5. The van der Waals surface area contributed by atoms with Crippen LogP contribution in [0.1, 0.15) is 17.4 Å². The summed E-state index contributed by atoms with van der Waals surface area (Å²) in [5.74, 6) is 0. The zero-order chi connectivity index (χ0) is 22.9. The van der Waals surface area contributed by atoms with Crippen molar-refractivity contribution in [1.29, 1.82) is 0 Å². The molecule has 3 aromatic carbocycles. The fourth-order valence-electron chi connectivity index (χ4n) is 4.79. The van der Waals surface area contributed by atoms with E-state index < -0.39 is 18.5 Å². The van der Waals surface area contributed by atoms with E-state index >= 15 is 0 Å². The van der Waals surface area contributed by atoms with Gasteiger partial charge in [0.2, 0.25) is 0 Å². The summed E-state index contributed by atoms with van der Waals surface area (Å²) in [5.41, 5.74) is 1.66. The van der Waals surface area contributed by atoms with Crippen LogP contribution in [0.2, 0.25) is 0 Å². The Balaban J connectivity index is 1.30. The first kappa shape index (κ1) is 21.7. The molecule has 1 amide bonds. The summed E-state index contributed by atoms with van der Waals surface area (Å²) >= 11 is 1.60. The van der Waals surface area contributed by atoms with Gasteiger partial charge in [-0.3, -0.25) is 4.90 Å². The monoisotopic (exact) mass is 475 g/mol. The first-order valence-electron chi connectivity index (χ1n) is 11.5. The van der Waals surface area contributed by atoms with E-state index in [1.165, 1.54) is 0 Å². The Morgan fingerprint density at radius 1 is 0.824 bits per heavy atom. The number of amides is 1. The minimum absolute atomic E-state index is 0.298. The number of carbonyl (C=O) groups excluding carboxylic acids is 1. The molecule has 34 heavy (non-hydrogen) atoms. The van der Waals surface area contributed by atoms with E-state index in [0.717, 1.165) is 16.0 Å². The second-order valence-corrected chi connectivity index (χ2v) is 9.77. The van der Waals surface area contributed by atoms with Crippen molar-refractivity contribution in [2.24, 2.45) is 0 Å². The van der Waals surface area contributed by atoms with Crippen LogP contribution < -0.4 is 0 Å². The molecule has 6 rings (SSSR count). The average molecular weight is 476 g/mol. The summed E-state index contributed by atoms with van der Waals surface area (Å²) in [6, 6.07) is 29.6. The molecule has 0 spiro atoms. The quantitative estimate of drug-likeness (QED) is 0.517. The second kappa shape index (κ2) is 9.43. The molecule has 3 aliphatic rings. The molecule has 6 nitrogen and oxygen atoms in total. The van der Waals surface area contributed by atoms with E-state index in [4.69, 9.17) is 18.9 Å². The van der Waals surface area contributed by atoms with Crippen LogP contribution in [0.25, 0.3) is 0 Å². The first-order valence-corrected chi connectivity index (χ1v) is 12.3. The van der Waals surface area contributed by atoms with Gasteiger partial charge in [-0.15, -0.1) is 0 Å². The highest BCUT2D eigenvalue weighted by Crippen LogP contribution is 2.44. The van der Waals surface area contributed by atoms with E-state index in [1.807, 2.05) is 91.0 Å². The summed E-state index contributed by atoms with van der Waals surface area (Å²) in [6.45, 7) is 0.821. The van der Waals surface area contributed by atoms with Crippen LogP contribution in [0, 0.1) is 0 Å². The van der Waals surface area contributed by atoms with Crippen molar-refractivity contribution in [3.8, 4) is 0 Å². The Bertz CT molecular complexity index is 1120. The molecule has 7 heteroatoms. The lowest BCUT2D eigenvalue weighted by Crippen LogP contribution is -2.62. The number of thioether (sulfide) groups is 1. The maximum atomic E-state index is 13.1. The van der Waals surface area contributed by atoms with Gasteiger partial charge in [-0.1, -0.05) is 90.6 Å². The van der Waals surface area contributed by atoms with Crippen LogP contribution in [-0.4, -0.2) is 47.4 Å². The molecular weight excluding hydrogens is 450 g/mol. The molecule has 0 aromatic heterocycles. The van der Waals surface area contributed by atoms with Gasteiger partial charge in [0.15, 0.2) is 12.4 Å². The zero-order valence-electron chi connectivity index (χ0n) is 18.4. The third-order valence-electron chi connectivity index (χ3n) is 6.40. The van der Waals surface area contributed by atoms with Crippen LogP contribution >= 0.6 is 11.8 Å². The van der Waals surface area contributed by atoms with Gasteiger partial charge in [0.05, 0.1) is 6.61 Å². The van der Waals surface area contributed by atoms with Crippen LogP contribution in [0.15, 0.2) is 95.9 Å². The zero-order valence-corrected chi connectivity index (χ0v) is 19.3. The molecule has 0 unspecified atom stereocenters. The molecule has 0 radical (unpaired) electrons. The number of nitrogens with zero attached hydrogens (tertiary/aromatic N) is 1. The van der Waals surface area contributed by atoms with Crippen LogP contribution in [-0.2, 0) is 25.5 Å². The third-order valence-corrected chi connectivity index (χ3v) is 7.57. The van der Waals surface area contributed by atoms with E-state index in [-0.39, 0.29) is 23.7 Å². The molecule has 0 bridgehead atoms. The number of hydrogen-bond donors (Lipinski definition) is 0. The summed E-state index contributed by atoms with van der Waals surface area (Å²) in [7, 11) is 0. The molecule has 0 saturated carbocycles. The summed E-state index contributed by atoms with van der Waals surface area (Å²) in [5, 5.41) is 0. The first-order chi connectivity index (χ1) is 16.8. The highest BCUT2D eigenvalue weighted by molar-refractivity contribution is 7.99. The molecule has 3 saturated heterocycles. The van der Waals surface area contributed by atoms with Crippen molar-refractivity contribution in [2.45, 2.75) is 47.5 Å². The predicted molar refractivity (Wildman–Crippen MR) is 127 cm³/mol. The molecule has 6 atom stereocenters. The van der Waals surface area contributed by atoms with Crippen molar-refractivity contribution in [1.82, 2.24) is 4.90 Å². The molecule has 3 aromatic rings. The maximum Gasteiger partial charge on any atom is 0.411 e. The fraction of sp³-hybridized carbons (Fsp3) is 0.296. The number of fused-ring (bicyclic) bond motifs is 3. The van der Waals surface area contributed by atoms with Crippen molar-refractivity contribution in [3.05, 3.63) is 102 Å². The second-order valence-electron chi connectivity index (χ2n) is 8.60. The van der Waals surface area contributed by atoms with Gasteiger partial charge in [0.25, 0.3) is 0 Å². The molecule has 3 fully saturated rings. The van der Waals surface area contributed by atoms with Crippen LogP contribution in [0.3, 0.4) is 0 Å². The Morgan fingerprint density at radius 2 is 1.50 bits per heavy atom. The Labute approximate surface area is 202 Å². The van der Waals surface area contributed by atoms with Crippen molar-refractivity contribution in [2.75, 3.05) is 6.61 Å². The third kappa shape index (κ3) is 4.20. The average Bonchev–Trinajstić information content (AvgIpc) is 3.22. The van der Waals surface area contributed by atoms with E-state index in [9.17, 15) is 4.79 Å². The van der Waals surface area contributed by atoms with Gasteiger partial charge in [-0.25, -0.2) is 4.79 Å². The van der Waals surface area contributed by atoms with Crippen molar-refractivity contribution >= 4 is 17.9 Å². The van der Waals surface area contributed by atoms with Gasteiger partial charge < -0.3 is 18.9 Å².